The van der Waals surface area contributed by atoms with Crippen LogP contribution in [0.5, 0.6) is 0 Å². The van der Waals surface area contributed by atoms with Crippen LogP contribution in [-0.4, -0.2) is 36.2 Å². The van der Waals surface area contributed by atoms with Gasteiger partial charge in [0.2, 0.25) is 17.5 Å². The number of amides is 1. The van der Waals surface area contributed by atoms with Gasteiger partial charge in [0.25, 0.3) is 0 Å². The van der Waals surface area contributed by atoms with Crippen molar-refractivity contribution in [2.24, 2.45) is 0 Å². The fraction of sp³-hybridized carbons (Fsp3) is 0.360. The van der Waals surface area contributed by atoms with Gasteiger partial charge in [-0.1, -0.05) is 19.1 Å². The number of hydrogen-bond donors (Lipinski definition) is 2. The Kier molecular flexibility index (Phi) is 5.25. The van der Waals surface area contributed by atoms with Gasteiger partial charge in [-0.2, -0.15) is 5.26 Å². The Bertz CT molecular complexity index is 1350. The van der Waals surface area contributed by atoms with E-state index >= 15 is 0 Å². The molecule has 4 heterocycles. The molecule has 2 atom stereocenters. The van der Waals surface area contributed by atoms with Crippen LogP contribution in [0.2, 0.25) is 0 Å². The number of pyridine rings is 2. The van der Waals surface area contributed by atoms with E-state index in [9.17, 15) is 10.1 Å². The number of nitrogens with one attached hydrogen (secondary N) is 1. The number of nitrogens with two attached hydrogens (primary N) is 2. The second-order valence-electron chi connectivity index (χ2n) is 9.01. The predicted molar refractivity (Wildman–Crippen MR) is 131 cm³/mol. The number of carbonyl (C=O) groups excluding carboxylic acids is 1. The summed E-state index contributed by atoms with van der Waals surface area (Å²) >= 11 is 0. The number of H-pyrrole nitrogens is 1. The highest BCUT2D eigenvalue weighted by atomic mass is 16.5. The molecule has 1 fully saturated rings. The number of nitriles is 1. The Labute approximate surface area is 197 Å². The predicted octanol–water partition coefficient (Wildman–Crippen LogP) is 2.48. The van der Waals surface area contributed by atoms with Crippen molar-refractivity contribution in [1.82, 2.24) is 4.98 Å². The number of carbonyl (C=O) groups is 1. The van der Waals surface area contributed by atoms with Gasteiger partial charge in [0.15, 0.2) is 0 Å². The maximum Gasteiger partial charge on any atom is 0.240 e. The van der Waals surface area contributed by atoms with E-state index < -0.39 is 0 Å². The molecule has 9 nitrogen and oxygen atoms in total. The summed E-state index contributed by atoms with van der Waals surface area (Å²) in [6.07, 6.45) is 0.956. The molecule has 9 heteroatoms. The van der Waals surface area contributed by atoms with E-state index in [-0.39, 0.29) is 30.4 Å². The molecule has 5 N–H and O–H groups in total. The first kappa shape index (κ1) is 21.9. The Morgan fingerprint density at radius 3 is 2.65 bits per heavy atom. The molecule has 2 aromatic heterocycles. The van der Waals surface area contributed by atoms with Crippen LogP contribution in [-0.2, 0) is 22.4 Å². The third kappa shape index (κ3) is 3.38. The van der Waals surface area contributed by atoms with Gasteiger partial charge in [0.1, 0.15) is 23.3 Å². The molecule has 0 unspecified atom stereocenters. The zero-order chi connectivity index (χ0) is 24.1. The smallest absolute Gasteiger partial charge is 0.240 e. The SMILES string of the molecule is CCc1cccc(N2C(=O)Cc3c2nc(N)c2c(N)[nH+]c(N4C[C@@H](C)O[C@@H](C)C4)c(C#N)c32)c1. The summed E-state index contributed by atoms with van der Waals surface area (Å²) in [4.78, 5) is 24.7. The van der Waals surface area contributed by atoms with Gasteiger partial charge in [-0.3, -0.25) is 14.6 Å². The van der Waals surface area contributed by atoms with E-state index in [4.69, 9.17) is 16.2 Å². The van der Waals surface area contributed by atoms with Gasteiger partial charge in [-0.15, -0.1) is 0 Å². The lowest BCUT2D eigenvalue weighted by Crippen LogP contribution is -2.48. The quantitative estimate of drug-likeness (QED) is 0.615. The molecule has 1 amide bonds. The van der Waals surface area contributed by atoms with Crippen molar-refractivity contribution in [2.75, 3.05) is 34.4 Å². The van der Waals surface area contributed by atoms with Crippen molar-refractivity contribution >= 4 is 45.6 Å². The number of aromatic nitrogens is 2. The van der Waals surface area contributed by atoms with Gasteiger partial charge in [0, 0.05) is 10.9 Å². The normalized spacial score (nSPS) is 20.0. The lowest BCUT2D eigenvalue weighted by molar-refractivity contribution is -0.345. The van der Waals surface area contributed by atoms with Gasteiger partial charge < -0.3 is 16.2 Å². The molecule has 0 bridgehead atoms. The van der Waals surface area contributed by atoms with E-state index in [2.05, 4.69) is 27.9 Å². The second kappa shape index (κ2) is 8.15. The van der Waals surface area contributed by atoms with Crippen LogP contribution in [0.25, 0.3) is 10.8 Å². The Morgan fingerprint density at radius 2 is 1.97 bits per heavy atom. The molecule has 2 aliphatic rings. The summed E-state index contributed by atoms with van der Waals surface area (Å²) in [5, 5.41) is 11.3. The molecule has 0 saturated carbocycles. The van der Waals surface area contributed by atoms with Gasteiger partial charge >= 0.3 is 0 Å². The number of aromatic amines is 1. The van der Waals surface area contributed by atoms with Crippen LogP contribution >= 0.6 is 0 Å². The van der Waals surface area contributed by atoms with Crippen LogP contribution in [0.1, 0.15) is 37.5 Å². The van der Waals surface area contributed by atoms with Crippen LogP contribution in [0, 0.1) is 11.3 Å². The van der Waals surface area contributed by atoms with Crippen LogP contribution in [0.3, 0.4) is 0 Å². The molecule has 5 rings (SSSR count). The number of morpholine rings is 1. The Balaban J connectivity index is 1.75. The third-order valence-corrected chi connectivity index (χ3v) is 6.53. The first-order valence-electron chi connectivity index (χ1n) is 11.5. The fourth-order valence-corrected chi connectivity index (χ4v) is 5.14. The molecule has 0 aliphatic carbocycles. The zero-order valence-electron chi connectivity index (χ0n) is 19.6. The number of nitrogens with zero attached hydrogens (tertiary/aromatic N) is 4. The van der Waals surface area contributed by atoms with E-state index in [0.717, 1.165) is 17.7 Å². The second-order valence-corrected chi connectivity index (χ2v) is 9.01. The van der Waals surface area contributed by atoms with Gasteiger partial charge in [-0.05, 0) is 38.0 Å². The van der Waals surface area contributed by atoms with Crippen molar-refractivity contribution in [2.45, 2.75) is 45.8 Å². The molecule has 2 aliphatic heterocycles. The molecule has 1 saturated heterocycles. The summed E-state index contributed by atoms with van der Waals surface area (Å²) < 4.78 is 5.87. The number of fused-ring (bicyclic) bond motifs is 3. The Hall–Kier alpha value is -3.90. The standard InChI is InChI=1S/C25H27N7O2/c1-4-15-6-5-7-16(8-15)32-19(33)9-17-20-18(10-26)24(31-11-13(2)34-14(3)12-31)29-22(27)21(20)23(28)30-25(17)32/h5-8,13-14H,4,9,11-12H2,1-3H3,(H2,27,29)(H2,28,30)/p+1/t13-,14+. The first-order chi connectivity index (χ1) is 16.3. The number of benzene rings is 1. The van der Waals surface area contributed by atoms with Crippen molar-refractivity contribution < 1.29 is 14.5 Å². The maximum atomic E-state index is 13.2. The molecular weight excluding hydrogens is 430 g/mol. The lowest BCUT2D eigenvalue weighted by Gasteiger charge is -2.33. The number of hydrogen-bond acceptors (Lipinski definition) is 7. The monoisotopic (exact) mass is 458 g/mol. The summed E-state index contributed by atoms with van der Waals surface area (Å²) in [5.74, 6) is 1.46. The number of ether oxygens (including phenoxy) is 1. The van der Waals surface area contributed by atoms with Crippen molar-refractivity contribution in [1.29, 1.82) is 5.26 Å². The van der Waals surface area contributed by atoms with Crippen LogP contribution in [0.15, 0.2) is 24.3 Å². The van der Waals surface area contributed by atoms with Gasteiger partial charge in [-0.25, -0.2) is 9.97 Å². The molecule has 0 spiro atoms. The first-order valence-corrected chi connectivity index (χ1v) is 11.5. The summed E-state index contributed by atoms with van der Waals surface area (Å²) in [6, 6.07) is 10.2. The number of rotatable bonds is 3. The minimum absolute atomic E-state index is 0.00301. The highest BCUT2D eigenvalue weighted by molar-refractivity contribution is 6.15. The van der Waals surface area contributed by atoms with Crippen molar-refractivity contribution in [3.8, 4) is 6.07 Å². The number of nitrogen functional groups attached to an aromatic ring is 2. The average Bonchev–Trinajstić information content (AvgIpc) is 3.13. The van der Waals surface area contributed by atoms with E-state index in [1.807, 2.05) is 38.1 Å². The van der Waals surface area contributed by atoms with Crippen LogP contribution in [0.4, 0.5) is 29.0 Å². The molecule has 3 aromatic rings. The summed E-state index contributed by atoms with van der Waals surface area (Å²) in [6.45, 7) is 7.28. The highest BCUT2D eigenvalue weighted by Crippen LogP contribution is 2.43. The fourth-order valence-electron chi connectivity index (χ4n) is 5.14. The average molecular weight is 459 g/mol. The minimum atomic E-state index is -0.117. The number of anilines is 5. The Morgan fingerprint density at radius 1 is 1.24 bits per heavy atom. The van der Waals surface area contributed by atoms with Gasteiger partial charge in [0.05, 0.1) is 42.8 Å². The minimum Gasteiger partial charge on any atom is -0.383 e. The third-order valence-electron chi connectivity index (χ3n) is 6.53. The van der Waals surface area contributed by atoms with Crippen LogP contribution < -0.4 is 26.3 Å². The van der Waals surface area contributed by atoms with E-state index in [1.165, 1.54) is 0 Å². The molecular formula is C25H28N7O2+. The molecule has 174 valence electrons. The molecule has 0 radical (unpaired) electrons. The molecule has 1 aromatic carbocycles. The number of aryl methyl sites for hydroxylation is 1. The summed E-state index contributed by atoms with van der Waals surface area (Å²) in [7, 11) is 0. The lowest BCUT2D eigenvalue weighted by atomic mass is 10.00. The maximum absolute atomic E-state index is 13.2. The van der Waals surface area contributed by atoms with E-state index in [0.29, 0.717) is 52.4 Å². The highest BCUT2D eigenvalue weighted by Gasteiger charge is 2.37. The largest absolute Gasteiger partial charge is 0.383 e. The van der Waals surface area contributed by atoms with Crippen molar-refractivity contribution in [3.05, 3.63) is 41.0 Å². The zero-order valence-corrected chi connectivity index (χ0v) is 19.6. The summed E-state index contributed by atoms with van der Waals surface area (Å²) in [5.41, 5.74) is 15.7. The molecule has 34 heavy (non-hydrogen) atoms. The van der Waals surface area contributed by atoms with E-state index in [1.54, 1.807) is 4.90 Å². The topological polar surface area (TPSA) is 136 Å². The van der Waals surface area contributed by atoms with Crippen molar-refractivity contribution in [3.63, 3.8) is 0 Å².